The van der Waals surface area contributed by atoms with Gasteiger partial charge in [-0.3, -0.25) is 0 Å². The molecule has 132 valence electrons. The fourth-order valence-electron chi connectivity index (χ4n) is 3.50. The zero-order valence-electron chi connectivity index (χ0n) is 15.4. The van der Waals surface area contributed by atoms with Gasteiger partial charge in [-0.05, 0) is 33.9 Å². The average Bonchev–Trinajstić information content (AvgIpc) is 2.79. The van der Waals surface area contributed by atoms with Crippen LogP contribution >= 0.6 is 0 Å². The van der Waals surface area contributed by atoms with Crippen LogP contribution in [0.3, 0.4) is 0 Å². The SMILES string of the molecule is N#Cc1ccccc1C(=C(c1ccccc1)c1ccccc1)c1ccccc1. The van der Waals surface area contributed by atoms with Crippen LogP contribution in [0.2, 0.25) is 0 Å². The maximum atomic E-state index is 9.76. The first kappa shape index (κ1) is 17.5. The number of nitriles is 1. The molecule has 4 aromatic rings. The summed E-state index contributed by atoms with van der Waals surface area (Å²) in [6, 6.07) is 41.3. The van der Waals surface area contributed by atoms with E-state index in [0.29, 0.717) is 5.56 Å². The Morgan fingerprint density at radius 2 is 0.857 bits per heavy atom. The zero-order chi connectivity index (χ0) is 19.2. The molecule has 0 aliphatic rings. The van der Waals surface area contributed by atoms with Crippen molar-refractivity contribution in [3.63, 3.8) is 0 Å². The Bertz CT molecular complexity index is 1090. The number of rotatable bonds is 4. The molecule has 0 aliphatic heterocycles. The predicted octanol–water partition coefficient (Wildman–Crippen LogP) is 6.57. The van der Waals surface area contributed by atoms with Crippen molar-refractivity contribution in [2.75, 3.05) is 0 Å². The molecule has 0 aromatic heterocycles. The monoisotopic (exact) mass is 357 g/mol. The quantitative estimate of drug-likeness (QED) is 0.379. The lowest BCUT2D eigenvalue weighted by atomic mass is 9.84. The van der Waals surface area contributed by atoms with Gasteiger partial charge in [-0.2, -0.15) is 5.26 Å². The maximum Gasteiger partial charge on any atom is 0.0998 e. The van der Waals surface area contributed by atoms with Crippen molar-refractivity contribution in [1.29, 1.82) is 5.26 Å². The van der Waals surface area contributed by atoms with Crippen molar-refractivity contribution in [2.45, 2.75) is 0 Å². The van der Waals surface area contributed by atoms with Crippen molar-refractivity contribution >= 4 is 11.1 Å². The molecule has 1 nitrogen and oxygen atoms in total. The molecule has 4 rings (SSSR count). The molecule has 0 saturated carbocycles. The van der Waals surface area contributed by atoms with Gasteiger partial charge in [-0.25, -0.2) is 0 Å². The Morgan fingerprint density at radius 1 is 0.464 bits per heavy atom. The van der Waals surface area contributed by atoms with Gasteiger partial charge in [-0.1, -0.05) is 109 Å². The van der Waals surface area contributed by atoms with Crippen LogP contribution in [0.4, 0.5) is 0 Å². The summed E-state index contributed by atoms with van der Waals surface area (Å²) in [5.74, 6) is 0. The van der Waals surface area contributed by atoms with Gasteiger partial charge in [0, 0.05) is 5.56 Å². The molecule has 28 heavy (non-hydrogen) atoms. The first-order valence-corrected chi connectivity index (χ1v) is 9.28. The van der Waals surface area contributed by atoms with Crippen molar-refractivity contribution in [3.8, 4) is 6.07 Å². The molecule has 1 heteroatoms. The van der Waals surface area contributed by atoms with Crippen molar-refractivity contribution in [1.82, 2.24) is 0 Å². The summed E-state index contributed by atoms with van der Waals surface area (Å²) >= 11 is 0. The summed E-state index contributed by atoms with van der Waals surface area (Å²) in [7, 11) is 0. The van der Waals surface area contributed by atoms with E-state index in [1.807, 2.05) is 54.6 Å². The summed E-state index contributed by atoms with van der Waals surface area (Å²) in [5, 5.41) is 9.76. The number of nitrogens with zero attached hydrogens (tertiary/aromatic N) is 1. The number of benzene rings is 4. The highest BCUT2D eigenvalue weighted by atomic mass is 14.3. The maximum absolute atomic E-state index is 9.76. The highest BCUT2D eigenvalue weighted by molar-refractivity contribution is 6.05. The first-order valence-electron chi connectivity index (χ1n) is 9.28. The van der Waals surface area contributed by atoms with Crippen LogP contribution in [0, 0.1) is 11.3 Å². The van der Waals surface area contributed by atoms with E-state index in [-0.39, 0.29) is 0 Å². The van der Waals surface area contributed by atoms with E-state index in [2.05, 4.69) is 66.7 Å². The lowest BCUT2D eigenvalue weighted by molar-refractivity contribution is 1.44. The standard InChI is InChI=1S/C27H19N/c28-20-24-18-10-11-19-25(24)27(23-16-8-3-9-17-23)26(21-12-4-1-5-13-21)22-14-6-2-7-15-22/h1-19H. The van der Waals surface area contributed by atoms with Crippen LogP contribution in [0.25, 0.3) is 11.1 Å². The molecule has 0 amide bonds. The molecule has 0 heterocycles. The smallest absolute Gasteiger partial charge is 0.0998 e. The van der Waals surface area contributed by atoms with Gasteiger partial charge in [-0.15, -0.1) is 0 Å². The van der Waals surface area contributed by atoms with Crippen LogP contribution in [-0.4, -0.2) is 0 Å². The van der Waals surface area contributed by atoms with Gasteiger partial charge >= 0.3 is 0 Å². The fraction of sp³-hybridized carbons (Fsp3) is 0. The van der Waals surface area contributed by atoms with E-state index in [0.717, 1.165) is 33.4 Å². The number of hydrogen-bond donors (Lipinski definition) is 0. The van der Waals surface area contributed by atoms with Gasteiger partial charge in [0.15, 0.2) is 0 Å². The Hall–Kier alpha value is -3.89. The second kappa shape index (κ2) is 8.20. The molecule has 0 atom stereocenters. The van der Waals surface area contributed by atoms with Crippen LogP contribution in [-0.2, 0) is 0 Å². The third kappa shape index (κ3) is 3.49. The molecule has 0 saturated heterocycles. The largest absolute Gasteiger partial charge is 0.192 e. The molecular weight excluding hydrogens is 338 g/mol. The summed E-state index contributed by atoms with van der Waals surface area (Å²) in [5.41, 5.74) is 7.14. The molecular formula is C27H19N. The molecule has 0 spiro atoms. The van der Waals surface area contributed by atoms with Crippen LogP contribution in [0.15, 0.2) is 115 Å². The molecule has 0 radical (unpaired) electrons. The van der Waals surface area contributed by atoms with E-state index in [1.54, 1.807) is 0 Å². The molecule has 0 aliphatic carbocycles. The van der Waals surface area contributed by atoms with Gasteiger partial charge in [0.2, 0.25) is 0 Å². The predicted molar refractivity (Wildman–Crippen MR) is 116 cm³/mol. The second-order valence-corrected chi connectivity index (χ2v) is 6.51. The highest BCUT2D eigenvalue weighted by Gasteiger charge is 2.18. The van der Waals surface area contributed by atoms with Gasteiger partial charge in [0.1, 0.15) is 0 Å². The van der Waals surface area contributed by atoms with E-state index < -0.39 is 0 Å². The van der Waals surface area contributed by atoms with Crippen molar-refractivity contribution in [3.05, 3.63) is 143 Å². The topological polar surface area (TPSA) is 23.8 Å². The van der Waals surface area contributed by atoms with Crippen molar-refractivity contribution in [2.24, 2.45) is 0 Å². The van der Waals surface area contributed by atoms with Gasteiger partial charge < -0.3 is 0 Å². The Kier molecular flexibility index (Phi) is 5.13. The Morgan fingerprint density at radius 3 is 1.32 bits per heavy atom. The molecule has 0 bridgehead atoms. The third-order valence-electron chi connectivity index (χ3n) is 4.75. The highest BCUT2D eigenvalue weighted by Crippen LogP contribution is 2.37. The minimum atomic E-state index is 0.672. The van der Waals surface area contributed by atoms with Crippen LogP contribution < -0.4 is 0 Å². The minimum absolute atomic E-state index is 0.672. The summed E-state index contributed by atoms with van der Waals surface area (Å²) in [6.45, 7) is 0. The van der Waals surface area contributed by atoms with Crippen LogP contribution in [0.1, 0.15) is 27.8 Å². The minimum Gasteiger partial charge on any atom is -0.192 e. The summed E-state index contributed by atoms with van der Waals surface area (Å²) < 4.78 is 0. The van der Waals surface area contributed by atoms with E-state index in [9.17, 15) is 5.26 Å². The van der Waals surface area contributed by atoms with Crippen molar-refractivity contribution < 1.29 is 0 Å². The van der Waals surface area contributed by atoms with Gasteiger partial charge in [0.25, 0.3) is 0 Å². The van der Waals surface area contributed by atoms with E-state index in [1.165, 1.54) is 0 Å². The zero-order valence-corrected chi connectivity index (χ0v) is 15.4. The summed E-state index contributed by atoms with van der Waals surface area (Å²) in [6.07, 6.45) is 0. The third-order valence-corrected chi connectivity index (χ3v) is 4.75. The molecule has 0 fully saturated rings. The van der Waals surface area contributed by atoms with Crippen LogP contribution in [0.5, 0.6) is 0 Å². The first-order chi connectivity index (χ1) is 13.9. The lowest BCUT2D eigenvalue weighted by Gasteiger charge is -2.18. The number of hydrogen-bond acceptors (Lipinski definition) is 1. The Balaban J connectivity index is 2.15. The molecule has 4 aromatic carbocycles. The van der Waals surface area contributed by atoms with E-state index in [4.69, 9.17) is 0 Å². The fourth-order valence-corrected chi connectivity index (χ4v) is 3.50. The van der Waals surface area contributed by atoms with Gasteiger partial charge in [0.05, 0.1) is 11.6 Å². The molecule has 0 N–H and O–H groups in total. The molecule has 0 unspecified atom stereocenters. The normalized spacial score (nSPS) is 10.1. The lowest BCUT2D eigenvalue weighted by Crippen LogP contribution is -1.99. The van der Waals surface area contributed by atoms with E-state index >= 15 is 0 Å². The second-order valence-electron chi connectivity index (χ2n) is 6.51. The Labute approximate surface area is 165 Å². The summed E-state index contributed by atoms with van der Waals surface area (Å²) in [4.78, 5) is 0. The average molecular weight is 357 g/mol.